The average Bonchev–Trinajstić information content (AvgIpc) is 3.04. The zero-order valence-corrected chi connectivity index (χ0v) is 10.6. The minimum absolute atomic E-state index is 0.0727. The molecular weight excluding hydrogens is 238 g/mol. The molecular formula is C12H17NO3S. The van der Waals surface area contributed by atoms with Gasteiger partial charge in [-0.2, -0.15) is 0 Å². The SMILES string of the molecule is C#CCC(=O)N1CCCS(=O)(=O)CC1C1CC1. The standard InChI is InChI=1S/C12H17NO3S/c1-2-4-12(14)13-7-3-8-17(15,16)9-11(13)10-5-6-10/h1,10-11H,3-9H2. The van der Waals surface area contributed by atoms with Crippen LogP contribution >= 0.6 is 0 Å². The van der Waals surface area contributed by atoms with Gasteiger partial charge in [0.1, 0.15) is 0 Å². The predicted octanol–water partition coefficient (Wildman–Crippen LogP) is 0.435. The first kappa shape index (κ1) is 12.4. The number of carbonyl (C=O) groups is 1. The second-order valence-corrected chi connectivity index (χ2v) is 7.07. The summed E-state index contributed by atoms with van der Waals surface area (Å²) in [7, 11) is -3.00. The summed E-state index contributed by atoms with van der Waals surface area (Å²) in [5, 5.41) is 0. The summed E-state index contributed by atoms with van der Waals surface area (Å²) in [5.41, 5.74) is 0. The van der Waals surface area contributed by atoms with E-state index in [1.54, 1.807) is 4.90 Å². The molecule has 1 saturated heterocycles. The van der Waals surface area contributed by atoms with E-state index in [1.807, 2.05) is 0 Å². The van der Waals surface area contributed by atoms with Crippen molar-refractivity contribution >= 4 is 15.7 Å². The summed E-state index contributed by atoms with van der Waals surface area (Å²) in [4.78, 5) is 13.6. The quantitative estimate of drug-likeness (QED) is 0.673. The lowest BCUT2D eigenvalue weighted by molar-refractivity contribution is -0.132. The maximum absolute atomic E-state index is 11.9. The summed E-state index contributed by atoms with van der Waals surface area (Å²) >= 11 is 0. The van der Waals surface area contributed by atoms with Gasteiger partial charge in [0.05, 0.1) is 17.9 Å². The number of rotatable bonds is 2. The Morgan fingerprint density at radius 3 is 2.71 bits per heavy atom. The Hall–Kier alpha value is -1.02. The van der Waals surface area contributed by atoms with Crippen molar-refractivity contribution in [2.75, 3.05) is 18.1 Å². The van der Waals surface area contributed by atoms with Crippen LogP contribution in [0.4, 0.5) is 0 Å². The van der Waals surface area contributed by atoms with Gasteiger partial charge in [-0.1, -0.05) is 5.92 Å². The molecule has 4 nitrogen and oxygen atoms in total. The summed E-state index contributed by atoms with van der Waals surface area (Å²) in [6, 6.07) is -0.136. The zero-order chi connectivity index (χ0) is 12.5. The number of hydrogen-bond acceptors (Lipinski definition) is 3. The first-order valence-corrected chi connectivity index (χ1v) is 7.79. The molecule has 0 spiro atoms. The molecule has 1 atom stereocenters. The first-order valence-electron chi connectivity index (χ1n) is 5.97. The lowest BCUT2D eigenvalue weighted by Gasteiger charge is -2.29. The fourth-order valence-electron chi connectivity index (χ4n) is 2.42. The number of carbonyl (C=O) groups excluding carboxylic acids is 1. The fourth-order valence-corrected chi connectivity index (χ4v) is 4.13. The Bertz CT molecular complexity index is 445. The summed E-state index contributed by atoms with van der Waals surface area (Å²) in [6.45, 7) is 0.529. The maximum Gasteiger partial charge on any atom is 0.234 e. The van der Waals surface area contributed by atoms with Crippen molar-refractivity contribution in [3.63, 3.8) is 0 Å². The van der Waals surface area contributed by atoms with Gasteiger partial charge in [-0.25, -0.2) is 8.42 Å². The molecule has 1 heterocycles. The zero-order valence-electron chi connectivity index (χ0n) is 9.76. The van der Waals surface area contributed by atoms with Crippen LogP contribution in [0.3, 0.4) is 0 Å². The van der Waals surface area contributed by atoms with E-state index in [-0.39, 0.29) is 29.9 Å². The van der Waals surface area contributed by atoms with E-state index >= 15 is 0 Å². The molecule has 2 rings (SSSR count). The third-order valence-electron chi connectivity index (χ3n) is 3.42. The predicted molar refractivity (Wildman–Crippen MR) is 64.9 cm³/mol. The van der Waals surface area contributed by atoms with Gasteiger partial charge in [-0.05, 0) is 25.2 Å². The van der Waals surface area contributed by atoms with Gasteiger partial charge in [-0.15, -0.1) is 6.42 Å². The number of amides is 1. The monoisotopic (exact) mass is 255 g/mol. The van der Waals surface area contributed by atoms with Gasteiger partial charge in [0, 0.05) is 12.6 Å². The molecule has 94 valence electrons. The molecule has 2 aliphatic rings. The molecule has 17 heavy (non-hydrogen) atoms. The van der Waals surface area contributed by atoms with Gasteiger partial charge >= 0.3 is 0 Å². The van der Waals surface area contributed by atoms with Crippen LogP contribution in [0.15, 0.2) is 0 Å². The van der Waals surface area contributed by atoms with E-state index in [2.05, 4.69) is 5.92 Å². The Balaban J connectivity index is 2.18. The molecule has 0 radical (unpaired) electrons. The van der Waals surface area contributed by atoms with Crippen LogP contribution in [0.25, 0.3) is 0 Å². The molecule has 1 unspecified atom stereocenters. The van der Waals surface area contributed by atoms with Gasteiger partial charge in [0.25, 0.3) is 0 Å². The van der Waals surface area contributed by atoms with E-state index in [0.29, 0.717) is 18.9 Å². The highest BCUT2D eigenvalue weighted by Gasteiger charge is 2.41. The van der Waals surface area contributed by atoms with Crippen molar-refractivity contribution in [1.82, 2.24) is 4.90 Å². The van der Waals surface area contributed by atoms with Crippen molar-refractivity contribution in [2.24, 2.45) is 5.92 Å². The Kier molecular flexibility index (Phi) is 3.43. The molecule has 0 bridgehead atoms. The molecule has 5 heteroatoms. The molecule has 0 aromatic heterocycles. The van der Waals surface area contributed by atoms with Gasteiger partial charge in [-0.3, -0.25) is 4.79 Å². The third-order valence-corrected chi connectivity index (χ3v) is 5.18. The van der Waals surface area contributed by atoms with Crippen molar-refractivity contribution < 1.29 is 13.2 Å². The first-order chi connectivity index (χ1) is 8.03. The fraction of sp³-hybridized carbons (Fsp3) is 0.750. The molecule has 0 aromatic carbocycles. The minimum atomic E-state index is -3.00. The Labute approximate surface area is 102 Å². The summed E-state index contributed by atoms with van der Waals surface area (Å²) in [5.74, 6) is 2.92. The van der Waals surface area contributed by atoms with Gasteiger partial charge in [0.15, 0.2) is 9.84 Å². The van der Waals surface area contributed by atoms with E-state index in [1.165, 1.54) is 0 Å². The highest BCUT2D eigenvalue weighted by atomic mass is 32.2. The van der Waals surface area contributed by atoms with Crippen LogP contribution < -0.4 is 0 Å². The highest BCUT2D eigenvalue weighted by Crippen LogP contribution is 2.37. The van der Waals surface area contributed by atoms with Crippen molar-refractivity contribution in [3.8, 4) is 12.3 Å². The van der Waals surface area contributed by atoms with Crippen molar-refractivity contribution in [3.05, 3.63) is 0 Å². The van der Waals surface area contributed by atoms with E-state index in [4.69, 9.17) is 6.42 Å². The van der Waals surface area contributed by atoms with Crippen LogP contribution in [0.1, 0.15) is 25.7 Å². The number of nitrogens with zero attached hydrogens (tertiary/aromatic N) is 1. The van der Waals surface area contributed by atoms with E-state index in [9.17, 15) is 13.2 Å². The maximum atomic E-state index is 11.9. The third kappa shape index (κ3) is 3.01. The molecule has 0 N–H and O–H groups in total. The molecule has 1 aliphatic carbocycles. The normalized spacial score (nSPS) is 28.2. The Morgan fingerprint density at radius 2 is 2.12 bits per heavy atom. The largest absolute Gasteiger partial charge is 0.338 e. The topological polar surface area (TPSA) is 54.5 Å². The lowest BCUT2D eigenvalue weighted by Crippen LogP contribution is -2.44. The summed E-state index contributed by atoms with van der Waals surface area (Å²) < 4.78 is 23.5. The molecule has 0 aromatic rings. The minimum Gasteiger partial charge on any atom is -0.338 e. The molecule has 1 saturated carbocycles. The van der Waals surface area contributed by atoms with Crippen molar-refractivity contribution in [1.29, 1.82) is 0 Å². The van der Waals surface area contributed by atoms with Crippen LogP contribution in [-0.2, 0) is 14.6 Å². The molecule has 1 amide bonds. The van der Waals surface area contributed by atoms with Crippen LogP contribution in [0.5, 0.6) is 0 Å². The van der Waals surface area contributed by atoms with Gasteiger partial charge in [0.2, 0.25) is 5.91 Å². The Morgan fingerprint density at radius 1 is 1.41 bits per heavy atom. The number of sulfone groups is 1. The smallest absolute Gasteiger partial charge is 0.234 e. The van der Waals surface area contributed by atoms with Crippen LogP contribution in [0.2, 0.25) is 0 Å². The molecule has 2 fully saturated rings. The van der Waals surface area contributed by atoms with E-state index < -0.39 is 9.84 Å². The summed E-state index contributed by atoms with van der Waals surface area (Å²) in [6.07, 6.45) is 7.81. The lowest BCUT2D eigenvalue weighted by atomic mass is 10.1. The second kappa shape index (κ2) is 4.69. The second-order valence-electron chi connectivity index (χ2n) is 4.84. The number of terminal acetylenes is 1. The number of hydrogen-bond donors (Lipinski definition) is 0. The van der Waals surface area contributed by atoms with Crippen molar-refractivity contribution in [2.45, 2.75) is 31.7 Å². The highest BCUT2D eigenvalue weighted by molar-refractivity contribution is 7.91. The molecule has 1 aliphatic heterocycles. The van der Waals surface area contributed by atoms with Gasteiger partial charge < -0.3 is 4.90 Å². The average molecular weight is 255 g/mol. The van der Waals surface area contributed by atoms with E-state index in [0.717, 1.165) is 12.8 Å². The van der Waals surface area contributed by atoms with Crippen LogP contribution in [-0.4, -0.2) is 43.3 Å². The van der Waals surface area contributed by atoms with Crippen LogP contribution in [0, 0.1) is 18.3 Å².